The Balaban J connectivity index is 1.93. The Labute approximate surface area is 96.0 Å². The van der Waals surface area contributed by atoms with Crippen LogP contribution in [0.3, 0.4) is 0 Å². The van der Waals surface area contributed by atoms with Crippen molar-refractivity contribution < 1.29 is 4.74 Å². The first-order valence-corrected chi connectivity index (χ1v) is 5.70. The molecule has 1 aromatic rings. The largest absolute Gasteiger partial charge is 0.394 e. The second-order valence-corrected chi connectivity index (χ2v) is 4.88. The average molecular weight is 224 g/mol. The van der Waals surface area contributed by atoms with Crippen molar-refractivity contribution in [2.24, 2.45) is 12.5 Å². The Morgan fingerprint density at radius 2 is 2.25 bits per heavy atom. The summed E-state index contributed by atoms with van der Waals surface area (Å²) in [6, 6.07) is 0. The van der Waals surface area contributed by atoms with Crippen molar-refractivity contribution in [2.45, 2.75) is 19.8 Å². The normalized spacial score (nSPS) is 19.6. The van der Waals surface area contributed by atoms with Gasteiger partial charge in [-0.05, 0) is 18.3 Å². The summed E-state index contributed by atoms with van der Waals surface area (Å²) >= 11 is 0. The predicted octanol–water partition coefficient (Wildman–Crippen LogP) is 1.23. The molecule has 0 saturated carbocycles. The van der Waals surface area contributed by atoms with Gasteiger partial charge in [-0.15, -0.1) is 0 Å². The van der Waals surface area contributed by atoms with Crippen molar-refractivity contribution in [3.8, 4) is 0 Å². The number of nitrogen functional groups attached to an aromatic ring is 1. The SMILES string of the molecule is Cn1cc(N)c(NCC2(C)CCOCC2)n1. The number of rotatable bonds is 3. The monoisotopic (exact) mass is 224 g/mol. The van der Waals surface area contributed by atoms with Gasteiger partial charge in [-0.3, -0.25) is 4.68 Å². The first kappa shape index (κ1) is 11.3. The fourth-order valence-corrected chi connectivity index (χ4v) is 1.98. The molecular formula is C11H20N4O. The Hall–Kier alpha value is -1.23. The van der Waals surface area contributed by atoms with Crippen molar-refractivity contribution >= 4 is 11.5 Å². The lowest BCUT2D eigenvalue weighted by atomic mass is 9.82. The molecule has 90 valence electrons. The molecule has 0 unspecified atom stereocenters. The van der Waals surface area contributed by atoms with Crippen LogP contribution in [0.1, 0.15) is 19.8 Å². The molecule has 1 aliphatic rings. The fourth-order valence-electron chi connectivity index (χ4n) is 1.98. The smallest absolute Gasteiger partial charge is 0.171 e. The van der Waals surface area contributed by atoms with Crippen molar-refractivity contribution in [1.29, 1.82) is 0 Å². The molecule has 5 heteroatoms. The number of aromatic nitrogens is 2. The molecule has 2 heterocycles. The summed E-state index contributed by atoms with van der Waals surface area (Å²) in [4.78, 5) is 0. The van der Waals surface area contributed by atoms with Gasteiger partial charge in [0.25, 0.3) is 0 Å². The van der Waals surface area contributed by atoms with Gasteiger partial charge in [-0.1, -0.05) is 6.92 Å². The van der Waals surface area contributed by atoms with Gasteiger partial charge in [0.1, 0.15) is 0 Å². The maximum absolute atomic E-state index is 5.83. The number of ether oxygens (including phenoxy) is 1. The van der Waals surface area contributed by atoms with Crippen molar-refractivity contribution in [3.63, 3.8) is 0 Å². The molecule has 16 heavy (non-hydrogen) atoms. The summed E-state index contributed by atoms with van der Waals surface area (Å²) in [6.45, 7) is 4.89. The Kier molecular flexibility index (Phi) is 3.05. The van der Waals surface area contributed by atoms with E-state index >= 15 is 0 Å². The average Bonchev–Trinajstić information content (AvgIpc) is 2.56. The lowest BCUT2D eigenvalue weighted by Crippen LogP contribution is -2.33. The van der Waals surface area contributed by atoms with E-state index in [1.807, 2.05) is 13.2 Å². The van der Waals surface area contributed by atoms with Gasteiger partial charge in [0.05, 0.1) is 5.69 Å². The zero-order valence-electron chi connectivity index (χ0n) is 9.99. The number of anilines is 2. The van der Waals surface area contributed by atoms with Gasteiger partial charge < -0.3 is 15.8 Å². The van der Waals surface area contributed by atoms with Crippen LogP contribution < -0.4 is 11.1 Å². The Bertz CT molecular complexity index is 355. The van der Waals surface area contributed by atoms with E-state index in [0.29, 0.717) is 11.1 Å². The van der Waals surface area contributed by atoms with Crippen LogP contribution in [0.25, 0.3) is 0 Å². The van der Waals surface area contributed by atoms with Crippen LogP contribution in [0, 0.1) is 5.41 Å². The fraction of sp³-hybridized carbons (Fsp3) is 0.727. The Morgan fingerprint density at radius 1 is 1.56 bits per heavy atom. The molecule has 0 spiro atoms. The zero-order chi connectivity index (χ0) is 11.6. The van der Waals surface area contributed by atoms with Crippen molar-refractivity contribution in [2.75, 3.05) is 30.8 Å². The molecular weight excluding hydrogens is 204 g/mol. The number of aryl methyl sites for hydroxylation is 1. The van der Waals surface area contributed by atoms with Crippen LogP contribution in [0.15, 0.2) is 6.20 Å². The first-order valence-electron chi connectivity index (χ1n) is 5.70. The second kappa shape index (κ2) is 4.33. The highest BCUT2D eigenvalue weighted by molar-refractivity contribution is 5.59. The van der Waals surface area contributed by atoms with Crippen LogP contribution in [-0.4, -0.2) is 29.5 Å². The first-order chi connectivity index (χ1) is 7.59. The minimum absolute atomic E-state index is 0.294. The lowest BCUT2D eigenvalue weighted by molar-refractivity contribution is 0.0300. The van der Waals surface area contributed by atoms with E-state index in [1.165, 1.54) is 0 Å². The van der Waals surface area contributed by atoms with E-state index in [1.54, 1.807) is 4.68 Å². The quantitative estimate of drug-likeness (QED) is 0.810. The molecule has 0 amide bonds. The van der Waals surface area contributed by atoms with Crippen LogP contribution in [-0.2, 0) is 11.8 Å². The van der Waals surface area contributed by atoms with Gasteiger partial charge in [-0.2, -0.15) is 5.10 Å². The van der Waals surface area contributed by atoms with E-state index in [9.17, 15) is 0 Å². The molecule has 1 fully saturated rings. The van der Waals surface area contributed by atoms with E-state index in [-0.39, 0.29) is 0 Å². The number of nitrogens with one attached hydrogen (secondary N) is 1. The van der Waals surface area contributed by atoms with Crippen LogP contribution in [0.4, 0.5) is 11.5 Å². The number of hydrogen-bond acceptors (Lipinski definition) is 4. The summed E-state index contributed by atoms with van der Waals surface area (Å²) in [5.41, 5.74) is 6.83. The molecule has 3 N–H and O–H groups in total. The minimum atomic E-state index is 0.294. The summed E-state index contributed by atoms with van der Waals surface area (Å²) in [7, 11) is 1.87. The highest BCUT2D eigenvalue weighted by Crippen LogP contribution is 2.30. The molecule has 1 saturated heterocycles. The number of hydrogen-bond donors (Lipinski definition) is 2. The molecule has 0 bridgehead atoms. The van der Waals surface area contributed by atoms with E-state index in [4.69, 9.17) is 10.5 Å². The second-order valence-electron chi connectivity index (χ2n) is 4.88. The molecule has 0 aliphatic carbocycles. The van der Waals surface area contributed by atoms with Crippen molar-refractivity contribution in [3.05, 3.63) is 6.20 Å². The highest BCUT2D eigenvalue weighted by atomic mass is 16.5. The molecule has 1 aliphatic heterocycles. The summed E-state index contributed by atoms with van der Waals surface area (Å²) in [6.07, 6.45) is 3.99. The highest BCUT2D eigenvalue weighted by Gasteiger charge is 2.27. The molecule has 0 atom stereocenters. The third-order valence-electron chi connectivity index (χ3n) is 3.24. The summed E-state index contributed by atoms with van der Waals surface area (Å²) in [5.74, 6) is 0.787. The molecule has 0 radical (unpaired) electrons. The molecule has 1 aromatic heterocycles. The lowest BCUT2D eigenvalue weighted by Gasteiger charge is -2.33. The number of nitrogens with zero attached hydrogens (tertiary/aromatic N) is 2. The van der Waals surface area contributed by atoms with Crippen LogP contribution in [0.5, 0.6) is 0 Å². The van der Waals surface area contributed by atoms with Gasteiger partial charge in [0, 0.05) is 33.0 Å². The number of nitrogens with two attached hydrogens (primary N) is 1. The van der Waals surface area contributed by atoms with Gasteiger partial charge >= 0.3 is 0 Å². The topological polar surface area (TPSA) is 65.1 Å². The third kappa shape index (κ3) is 2.47. The summed E-state index contributed by atoms with van der Waals surface area (Å²) < 4.78 is 7.10. The van der Waals surface area contributed by atoms with Gasteiger partial charge in [-0.25, -0.2) is 0 Å². The van der Waals surface area contributed by atoms with Gasteiger partial charge in [0.2, 0.25) is 0 Å². The van der Waals surface area contributed by atoms with E-state index < -0.39 is 0 Å². The van der Waals surface area contributed by atoms with Crippen molar-refractivity contribution in [1.82, 2.24) is 9.78 Å². The Morgan fingerprint density at radius 3 is 2.81 bits per heavy atom. The maximum atomic E-state index is 5.83. The molecule has 2 rings (SSSR count). The van der Waals surface area contributed by atoms with E-state index in [0.717, 1.165) is 38.4 Å². The zero-order valence-corrected chi connectivity index (χ0v) is 9.99. The van der Waals surface area contributed by atoms with Crippen LogP contribution >= 0.6 is 0 Å². The summed E-state index contributed by atoms with van der Waals surface area (Å²) in [5, 5.41) is 7.61. The van der Waals surface area contributed by atoms with Crippen LogP contribution in [0.2, 0.25) is 0 Å². The standard InChI is InChI=1S/C11H20N4O/c1-11(3-5-16-6-4-11)8-13-10-9(12)7-15(2)14-10/h7H,3-6,8,12H2,1-2H3,(H,13,14). The minimum Gasteiger partial charge on any atom is -0.394 e. The third-order valence-corrected chi connectivity index (χ3v) is 3.24. The molecule has 5 nitrogen and oxygen atoms in total. The van der Waals surface area contributed by atoms with Gasteiger partial charge in [0.15, 0.2) is 5.82 Å². The predicted molar refractivity (Wildman–Crippen MR) is 64.3 cm³/mol. The molecule has 0 aromatic carbocycles. The maximum Gasteiger partial charge on any atom is 0.171 e. The van der Waals surface area contributed by atoms with E-state index in [2.05, 4.69) is 17.3 Å².